The van der Waals surface area contributed by atoms with E-state index in [9.17, 15) is 4.79 Å². The molecule has 0 amide bonds. The van der Waals surface area contributed by atoms with Gasteiger partial charge in [0.1, 0.15) is 0 Å². The molecule has 1 aliphatic carbocycles. The summed E-state index contributed by atoms with van der Waals surface area (Å²) in [7, 11) is 0. The summed E-state index contributed by atoms with van der Waals surface area (Å²) in [5.74, 6) is 0.715. The van der Waals surface area contributed by atoms with Crippen LogP contribution in [-0.4, -0.2) is 11.6 Å². The van der Waals surface area contributed by atoms with Crippen molar-refractivity contribution in [1.29, 1.82) is 5.26 Å². The van der Waals surface area contributed by atoms with E-state index in [4.69, 9.17) is 5.26 Å². The van der Waals surface area contributed by atoms with Crippen LogP contribution in [0.4, 0.5) is 0 Å². The van der Waals surface area contributed by atoms with E-state index < -0.39 is 5.54 Å². The third kappa shape index (κ3) is 3.18. The second-order valence-electron chi connectivity index (χ2n) is 4.43. The van der Waals surface area contributed by atoms with E-state index in [0.29, 0.717) is 5.92 Å². The Morgan fingerprint density at radius 2 is 2.27 bits per heavy atom. The zero-order chi connectivity index (χ0) is 11.1. The lowest BCUT2D eigenvalue weighted by atomic mass is 9.91. The van der Waals surface area contributed by atoms with Gasteiger partial charge in [-0.1, -0.05) is 26.2 Å². The second kappa shape index (κ2) is 5.68. The minimum atomic E-state index is -0.760. The lowest BCUT2D eigenvalue weighted by molar-refractivity contribution is 0.409. The van der Waals surface area contributed by atoms with Gasteiger partial charge in [0.25, 0.3) is 0 Å². The van der Waals surface area contributed by atoms with Gasteiger partial charge in [-0.3, -0.25) is 0 Å². The van der Waals surface area contributed by atoms with E-state index in [1.165, 1.54) is 19.3 Å². The van der Waals surface area contributed by atoms with Crippen LogP contribution in [0.1, 0.15) is 51.9 Å². The molecule has 0 saturated heterocycles. The average molecular weight is 206 g/mol. The Morgan fingerprint density at radius 1 is 1.47 bits per heavy atom. The molecule has 2 unspecified atom stereocenters. The minimum Gasteiger partial charge on any atom is -0.211 e. The zero-order valence-corrected chi connectivity index (χ0v) is 9.33. The number of nitriles is 1. The maximum Gasteiger partial charge on any atom is 0.236 e. The number of rotatable bonds is 3. The van der Waals surface area contributed by atoms with Crippen LogP contribution in [0.25, 0.3) is 0 Å². The van der Waals surface area contributed by atoms with Crippen molar-refractivity contribution >= 4 is 6.08 Å². The molecule has 15 heavy (non-hydrogen) atoms. The predicted octanol–water partition coefficient (Wildman–Crippen LogP) is 2.96. The van der Waals surface area contributed by atoms with Gasteiger partial charge in [-0.15, -0.1) is 0 Å². The highest BCUT2D eigenvalue weighted by Gasteiger charge is 2.32. The van der Waals surface area contributed by atoms with Crippen molar-refractivity contribution in [3.05, 3.63) is 0 Å². The van der Waals surface area contributed by atoms with Gasteiger partial charge in [0.05, 0.1) is 6.07 Å². The third-order valence-corrected chi connectivity index (χ3v) is 3.33. The van der Waals surface area contributed by atoms with E-state index in [1.807, 2.05) is 0 Å². The van der Waals surface area contributed by atoms with E-state index in [-0.39, 0.29) is 0 Å². The zero-order valence-electron chi connectivity index (χ0n) is 9.33. The van der Waals surface area contributed by atoms with Crippen molar-refractivity contribution < 1.29 is 4.79 Å². The van der Waals surface area contributed by atoms with Crippen molar-refractivity contribution in [2.45, 2.75) is 57.4 Å². The fraction of sp³-hybridized carbons (Fsp3) is 0.833. The van der Waals surface area contributed by atoms with Gasteiger partial charge in [0.2, 0.25) is 6.08 Å². The van der Waals surface area contributed by atoms with Gasteiger partial charge < -0.3 is 0 Å². The van der Waals surface area contributed by atoms with Gasteiger partial charge in [0.15, 0.2) is 5.54 Å². The van der Waals surface area contributed by atoms with Crippen LogP contribution in [0.3, 0.4) is 0 Å². The lowest BCUT2D eigenvalue weighted by Crippen LogP contribution is -2.22. The lowest BCUT2D eigenvalue weighted by Gasteiger charge is -2.17. The van der Waals surface area contributed by atoms with Crippen LogP contribution in [0.15, 0.2) is 4.99 Å². The van der Waals surface area contributed by atoms with Gasteiger partial charge in [-0.05, 0) is 31.6 Å². The molecule has 0 aromatic heterocycles. The Bertz CT molecular complexity index is 288. The van der Waals surface area contributed by atoms with Crippen LogP contribution in [0.2, 0.25) is 0 Å². The normalized spacial score (nSPS) is 31.1. The van der Waals surface area contributed by atoms with Crippen molar-refractivity contribution in [2.24, 2.45) is 10.9 Å². The predicted molar refractivity (Wildman–Crippen MR) is 57.9 cm³/mol. The molecule has 3 heteroatoms. The molecule has 0 N–H and O–H groups in total. The Hall–Kier alpha value is -1.13. The van der Waals surface area contributed by atoms with E-state index in [0.717, 1.165) is 25.7 Å². The molecule has 1 fully saturated rings. The van der Waals surface area contributed by atoms with E-state index in [1.54, 1.807) is 6.08 Å². The molecular formula is C12H18N2O. The first-order valence-corrected chi connectivity index (χ1v) is 5.76. The molecule has 2 atom stereocenters. The molecule has 1 saturated carbocycles. The molecule has 0 aromatic rings. The summed E-state index contributed by atoms with van der Waals surface area (Å²) in [6.07, 6.45) is 8.62. The molecule has 0 spiro atoms. The topological polar surface area (TPSA) is 53.2 Å². The number of hydrogen-bond acceptors (Lipinski definition) is 3. The van der Waals surface area contributed by atoms with Crippen LogP contribution in [-0.2, 0) is 4.79 Å². The van der Waals surface area contributed by atoms with Crippen LogP contribution in [0.5, 0.6) is 0 Å². The second-order valence-corrected chi connectivity index (χ2v) is 4.43. The number of isocyanates is 1. The number of aliphatic imine (C=N–C) groups is 1. The maximum atomic E-state index is 10.3. The number of carbonyl (C=O) groups excluding carboxylic acids is 1. The Morgan fingerprint density at radius 3 is 2.87 bits per heavy atom. The fourth-order valence-electron chi connectivity index (χ4n) is 2.43. The van der Waals surface area contributed by atoms with Crippen LogP contribution in [0, 0.1) is 17.2 Å². The standard InChI is InChI=1S/C12H18N2O/c1-2-4-11-5-3-7-12(9-13,8-6-11)14-10-15/h11H,2-8H2,1H3. The van der Waals surface area contributed by atoms with Crippen molar-refractivity contribution in [3.63, 3.8) is 0 Å². The van der Waals surface area contributed by atoms with Crippen molar-refractivity contribution in [3.8, 4) is 6.07 Å². The van der Waals surface area contributed by atoms with Crippen molar-refractivity contribution in [1.82, 2.24) is 0 Å². The molecule has 0 radical (unpaired) electrons. The van der Waals surface area contributed by atoms with Crippen LogP contribution >= 0.6 is 0 Å². The molecular weight excluding hydrogens is 188 g/mol. The summed E-state index contributed by atoms with van der Waals surface area (Å²) in [4.78, 5) is 14.0. The van der Waals surface area contributed by atoms with E-state index in [2.05, 4.69) is 18.0 Å². The SMILES string of the molecule is CCCC1CCCC(C#N)(N=C=O)CC1. The smallest absolute Gasteiger partial charge is 0.211 e. The summed E-state index contributed by atoms with van der Waals surface area (Å²) >= 11 is 0. The molecule has 1 rings (SSSR count). The van der Waals surface area contributed by atoms with Crippen LogP contribution < -0.4 is 0 Å². The third-order valence-electron chi connectivity index (χ3n) is 3.33. The van der Waals surface area contributed by atoms with Crippen molar-refractivity contribution in [2.75, 3.05) is 0 Å². The first-order valence-electron chi connectivity index (χ1n) is 5.76. The first-order chi connectivity index (χ1) is 7.26. The van der Waals surface area contributed by atoms with Gasteiger partial charge >= 0.3 is 0 Å². The highest BCUT2D eigenvalue weighted by Crippen LogP contribution is 2.34. The van der Waals surface area contributed by atoms with E-state index >= 15 is 0 Å². The molecule has 0 bridgehead atoms. The Kier molecular flexibility index (Phi) is 4.52. The Balaban J connectivity index is 2.65. The maximum absolute atomic E-state index is 10.3. The quantitative estimate of drug-likeness (QED) is 0.405. The molecule has 0 aromatic carbocycles. The van der Waals surface area contributed by atoms with Gasteiger partial charge in [-0.2, -0.15) is 10.3 Å². The molecule has 0 aliphatic heterocycles. The summed E-state index contributed by atoms with van der Waals surface area (Å²) in [5, 5.41) is 9.09. The Labute approximate surface area is 91.2 Å². The average Bonchev–Trinajstić information content (AvgIpc) is 2.44. The monoisotopic (exact) mass is 206 g/mol. The highest BCUT2D eigenvalue weighted by molar-refractivity contribution is 5.37. The van der Waals surface area contributed by atoms with Gasteiger partial charge in [-0.25, -0.2) is 4.79 Å². The van der Waals surface area contributed by atoms with Gasteiger partial charge in [0, 0.05) is 0 Å². The molecule has 1 aliphatic rings. The number of nitrogens with zero attached hydrogens (tertiary/aromatic N) is 2. The fourth-order valence-corrected chi connectivity index (χ4v) is 2.43. The molecule has 82 valence electrons. The summed E-state index contributed by atoms with van der Waals surface area (Å²) < 4.78 is 0. The largest absolute Gasteiger partial charge is 0.236 e. The minimum absolute atomic E-state index is 0.715. The summed E-state index contributed by atoms with van der Waals surface area (Å²) in [6.45, 7) is 2.19. The molecule has 3 nitrogen and oxygen atoms in total. The first kappa shape index (κ1) is 11.9. The molecule has 0 heterocycles. The number of hydrogen-bond donors (Lipinski definition) is 0. The summed E-state index contributed by atoms with van der Waals surface area (Å²) in [6, 6.07) is 2.19. The summed E-state index contributed by atoms with van der Waals surface area (Å²) in [5.41, 5.74) is -0.760. The highest BCUT2D eigenvalue weighted by atomic mass is 16.1.